The predicted octanol–water partition coefficient (Wildman–Crippen LogP) is 0.956. The van der Waals surface area contributed by atoms with E-state index in [1.165, 1.54) is 0 Å². The first kappa shape index (κ1) is 10.4. The second-order valence-corrected chi connectivity index (χ2v) is 3.13. The molecule has 0 aliphatic rings. The minimum Gasteiger partial charge on any atom is -0.463 e. The van der Waals surface area contributed by atoms with Crippen molar-refractivity contribution in [1.82, 2.24) is 0 Å². The molecule has 0 bridgehead atoms. The molecule has 0 aliphatic heterocycles. The molecule has 0 aliphatic carbocycles. The van der Waals surface area contributed by atoms with Crippen molar-refractivity contribution in [2.45, 2.75) is 33.3 Å². The van der Waals surface area contributed by atoms with Gasteiger partial charge in [0.05, 0.1) is 6.10 Å². The van der Waals surface area contributed by atoms with Crippen molar-refractivity contribution in [2.75, 3.05) is 6.61 Å². The van der Waals surface area contributed by atoms with Crippen LogP contribution in [-0.2, 0) is 9.53 Å². The second-order valence-electron chi connectivity index (χ2n) is 3.13. The van der Waals surface area contributed by atoms with Crippen molar-refractivity contribution in [3.8, 4) is 0 Å². The topological polar surface area (TPSA) is 46.5 Å². The Morgan fingerprint density at radius 3 is 2.36 bits per heavy atom. The van der Waals surface area contributed by atoms with Crippen LogP contribution in [-0.4, -0.2) is 23.8 Å². The molecule has 0 aromatic heterocycles. The molecule has 0 aromatic rings. The summed E-state index contributed by atoms with van der Waals surface area (Å²) >= 11 is 0. The van der Waals surface area contributed by atoms with E-state index in [1.807, 2.05) is 13.8 Å². The van der Waals surface area contributed by atoms with Crippen LogP contribution in [0, 0.1) is 5.92 Å². The van der Waals surface area contributed by atoms with Gasteiger partial charge in [0.25, 0.3) is 0 Å². The summed E-state index contributed by atoms with van der Waals surface area (Å²) in [5.41, 5.74) is 0. The first-order chi connectivity index (χ1) is 5.02. The number of aliphatic hydroxyl groups excluding tert-OH is 1. The average molecular weight is 160 g/mol. The molecule has 1 unspecified atom stereocenters. The third-order valence-electron chi connectivity index (χ3n) is 1.06. The highest BCUT2D eigenvalue weighted by Crippen LogP contribution is 2.00. The zero-order valence-electron chi connectivity index (χ0n) is 7.33. The third kappa shape index (κ3) is 7.33. The monoisotopic (exact) mass is 160 g/mol. The van der Waals surface area contributed by atoms with E-state index >= 15 is 0 Å². The Morgan fingerprint density at radius 2 is 2.00 bits per heavy atom. The maximum absolute atomic E-state index is 10.8. The number of aliphatic hydroxyl groups is 1. The first-order valence-corrected chi connectivity index (χ1v) is 3.86. The van der Waals surface area contributed by atoms with Crippen LogP contribution in [0.15, 0.2) is 0 Å². The van der Waals surface area contributed by atoms with E-state index in [9.17, 15) is 4.79 Å². The Labute approximate surface area is 67.4 Å². The standard InChI is InChI=1S/C8H16O3/c1-6(2)4-8(10)11-5-7(3)9/h6-7,9H,4-5H2,1-3H3. The van der Waals surface area contributed by atoms with Crippen LogP contribution in [0.3, 0.4) is 0 Å². The lowest BCUT2D eigenvalue weighted by molar-refractivity contribution is -0.147. The fraction of sp³-hybridized carbons (Fsp3) is 0.875. The zero-order chi connectivity index (χ0) is 8.85. The zero-order valence-corrected chi connectivity index (χ0v) is 7.33. The van der Waals surface area contributed by atoms with Crippen molar-refractivity contribution in [1.29, 1.82) is 0 Å². The van der Waals surface area contributed by atoms with Crippen LogP contribution in [0.25, 0.3) is 0 Å². The summed E-state index contributed by atoms with van der Waals surface area (Å²) in [6.07, 6.45) is -0.140. The molecular weight excluding hydrogens is 144 g/mol. The van der Waals surface area contributed by atoms with Gasteiger partial charge in [0.15, 0.2) is 0 Å². The number of ether oxygens (including phenoxy) is 1. The van der Waals surface area contributed by atoms with Crippen LogP contribution in [0.4, 0.5) is 0 Å². The molecule has 3 heteroatoms. The quantitative estimate of drug-likeness (QED) is 0.623. The molecule has 0 radical (unpaired) electrons. The molecule has 0 rings (SSSR count). The summed E-state index contributed by atoms with van der Waals surface area (Å²) in [4.78, 5) is 10.8. The van der Waals surface area contributed by atoms with E-state index in [1.54, 1.807) is 6.92 Å². The minimum atomic E-state index is -0.564. The molecule has 3 nitrogen and oxygen atoms in total. The Bertz CT molecular complexity index is 119. The summed E-state index contributed by atoms with van der Waals surface area (Å²) in [5, 5.41) is 8.76. The molecule has 1 atom stereocenters. The normalized spacial score (nSPS) is 13.2. The highest BCUT2D eigenvalue weighted by Gasteiger charge is 2.06. The van der Waals surface area contributed by atoms with E-state index in [4.69, 9.17) is 9.84 Å². The first-order valence-electron chi connectivity index (χ1n) is 3.86. The van der Waals surface area contributed by atoms with Gasteiger partial charge in [-0.3, -0.25) is 4.79 Å². The van der Waals surface area contributed by atoms with Crippen molar-refractivity contribution in [3.05, 3.63) is 0 Å². The number of esters is 1. The van der Waals surface area contributed by atoms with Gasteiger partial charge in [-0.2, -0.15) is 0 Å². The van der Waals surface area contributed by atoms with Crippen molar-refractivity contribution >= 4 is 5.97 Å². The molecule has 0 saturated carbocycles. The van der Waals surface area contributed by atoms with Crippen molar-refractivity contribution in [3.63, 3.8) is 0 Å². The Hall–Kier alpha value is -0.570. The van der Waals surface area contributed by atoms with Crippen LogP contribution < -0.4 is 0 Å². The summed E-state index contributed by atoms with van der Waals surface area (Å²) in [6, 6.07) is 0. The summed E-state index contributed by atoms with van der Waals surface area (Å²) in [5.74, 6) is 0.0809. The maximum atomic E-state index is 10.8. The van der Waals surface area contributed by atoms with Crippen molar-refractivity contribution in [2.24, 2.45) is 5.92 Å². The Balaban J connectivity index is 3.38. The largest absolute Gasteiger partial charge is 0.463 e. The lowest BCUT2D eigenvalue weighted by Gasteiger charge is -2.07. The number of carbonyl (C=O) groups is 1. The van der Waals surface area contributed by atoms with Gasteiger partial charge in [-0.25, -0.2) is 0 Å². The smallest absolute Gasteiger partial charge is 0.306 e. The maximum Gasteiger partial charge on any atom is 0.306 e. The fourth-order valence-electron chi connectivity index (χ4n) is 0.606. The van der Waals surface area contributed by atoms with E-state index in [-0.39, 0.29) is 12.6 Å². The lowest BCUT2D eigenvalue weighted by atomic mass is 10.1. The van der Waals surface area contributed by atoms with E-state index in [0.717, 1.165) is 0 Å². The summed E-state index contributed by atoms with van der Waals surface area (Å²) < 4.78 is 4.73. The average Bonchev–Trinajstić information content (AvgIpc) is 1.82. The molecule has 66 valence electrons. The molecule has 0 fully saturated rings. The van der Waals surface area contributed by atoms with Crippen LogP contribution >= 0.6 is 0 Å². The van der Waals surface area contributed by atoms with Gasteiger partial charge in [-0.05, 0) is 12.8 Å². The number of hydrogen-bond donors (Lipinski definition) is 1. The van der Waals surface area contributed by atoms with E-state index < -0.39 is 6.10 Å². The Kier molecular flexibility index (Phi) is 4.86. The highest BCUT2D eigenvalue weighted by molar-refractivity contribution is 5.69. The third-order valence-corrected chi connectivity index (χ3v) is 1.06. The van der Waals surface area contributed by atoms with E-state index in [2.05, 4.69) is 0 Å². The minimum absolute atomic E-state index is 0.103. The van der Waals surface area contributed by atoms with Crippen LogP contribution in [0.2, 0.25) is 0 Å². The fourth-order valence-corrected chi connectivity index (χ4v) is 0.606. The molecule has 0 amide bonds. The SMILES string of the molecule is CC(C)CC(=O)OCC(C)O. The predicted molar refractivity (Wildman–Crippen MR) is 42.1 cm³/mol. The van der Waals surface area contributed by atoms with Crippen LogP contribution in [0.5, 0.6) is 0 Å². The Morgan fingerprint density at radius 1 is 1.45 bits per heavy atom. The number of hydrogen-bond acceptors (Lipinski definition) is 3. The van der Waals surface area contributed by atoms with Gasteiger partial charge in [0.1, 0.15) is 6.61 Å². The van der Waals surface area contributed by atoms with E-state index in [0.29, 0.717) is 12.3 Å². The molecule has 0 spiro atoms. The highest BCUT2D eigenvalue weighted by atomic mass is 16.5. The van der Waals surface area contributed by atoms with Crippen LogP contribution in [0.1, 0.15) is 27.2 Å². The number of rotatable bonds is 4. The molecule has 0 aromatic carbocycles. The van der Waals surface area contributed by atoms with Gasteiger partial charge >= 0.3 is 5.97 Å². The molecule has 1 N–H and O–H groups in total. The van der Waals surface area contributed by atoms with Gasteiger partial charge in [0.2, 0.25) is 0 Å². The molecule has 0 saturated heterocycles. The number of carbonyl (C=O) groups excluding carboxylic acids is 1. The summed E-state index contributed by atoms with van der Waals surface area (Å²) in [7, 11) is 0. The van der Waals surface area contributed by atoms with Gasteiger partial charge in [0, 0.05) is 6.42 Å². The van der Waals surface area contributed by atoms with Gasteiger partial charge in [-0.15, -0.1) is 0 Å². The molecule has 0 heterocycles. The second kappa shape index (κ2) is 5.13. The molecular formula is C8H16O3. The lowest BCUT2D eigenvalue weighted by Crippen LogP contribution is -2.16. The summed E-state index contributed by atoms with van der Waals surface area (Å²) in [6.45, 7) is 5.58. The molecule has 11 heavy (non-hydrogen) atoms. The van der Waals surface area contributed by atoms with Gasteiger partial charge < -0.3 is 9.84 Å². The van der Waals surface area contributed by atoms with Crippen molar-refractivity contribution < 1.29 is 14.6 Å². The van der Waals surface area contributed by atoms with Gasteiger partial charge in [-0.1, -0.05) is 13.8 Å².